The van der Waals surface area contributed by atoms with Gasteiger partial charge < -0.3 is 23.7 Å². The maximum absolute atomic E-state index is 5.92. The molecule has 0 aliphatic carbocycles. The second-order valence-corrected chi connectivity index (χ2v) is 73.8. The van der Waals surface area contributed by atoms with Gasteiger partial charge in [-0.3, -0.25) is 0 Å². The van der Waals surface area contributed by atoms with E-state index in [-0.39, 0.29) is 37.0 Å². The Morgan fingerprint density at radius 3 is 0.858 bits per heavy atom. The highest BCUT2D eigenvalue weighted by Crippen LogP contribution is 2.61. The van der Waals surface area contributed by atoms with Crippen molar-refractivity contribution >= 4 is 95.1 Å². The fourth-order valence-corrected chi connectivity index (χ4v) is 37.8. The molecule has 636 valence electrons. The molecule has 0 aromatic rings. The topological polar surface area (TPSA) is 46.2 Å². The van der Waals surface area contributed by atoms with E-state index in [0.717, 1.165) is 99.0 Å². The van der Waals surface area contributed by atoms with Crippen LogP contribution < -0.4 is 0 Å². The molecular weight excluding hydrogens is 1520 g/mol. The van der Waals surface area contributed by atoms with Crippen LogP contribution in [0.3, 0.4) is 0 Å². The van der Waals surface area contributed by atoms with Gasteiger partial charge in [0, 0.05) is 35.8 Å². The molecule has 106 heavy (non-hydrogen) atoms. The van der Waals surface area contributed by atoms with Crippen LogP contribution in [0.2, 0.25) is 0 Å². The molecule has 13 fully saturated rings. The zero-order chi connectivity index (χ0) is 80.2. The monoisotopic (exact) mass is 1710 g/mol. The van der Waals surface area contributed by atoms with Crippen molar-refractivity contribution in [2.24, 2.45) is 0 Å². The highest BCUT2D eigenvalue weighted by Gasteiger charge is 2.54. The van der Waals surface area contributed by atoms with Crippen molar-refractivity contribution in [2.45, 2.75) is 427 Å². The highest BCUT2D eigenvalue weighted by atomic mass is 31.1. The first kappa shape index (κ1) is 109. The molecule has 13 aliphatic rings. The zero-order valence-electron chi connectivity index (χ0n) is 77.2. The second kappa shape index (κ2) is 54.4. The lowest BCUT2D eigenvalue weighted by atomic mass is 10.1. The summed E-state index contributed by atoms with van der Waals surface area (Å²) in [4.78, 5) is 0. The molecule has 0 saturated carbocycles. The van der Waals surface area contributed by atoms with Crippen LogP contribution in [0.1, 0.15) is 296 Å². The third-order valence-corrected chi connectivity index (χ3v) is 65.8. The SMILES string of the molecule is C.CCO[C@H]1[C@H](OCC)[C@H](C)P(C)[C@H]1C.CP1CCC1(C)C.CP1CCCC1(C)C.CP1CCCCC1(C)C.C[C@H]1CCCCP1C.C[C@H]1CCCP1C.C[C@H]1CCC[C@H](C)P1C.C[C@H]1CCP1C.C[C@H]1CC[C@H](C)P1C.C[C@H]1COC[C@H](C)P1C.C[C@H]1C[C@H](C)P1C.C[C@H]1[C@H]2OC(C)(C)O[C@@H]2[C@H](C)P1C. The molecule has 0 aromatic carbocycles. The predicted octanol–water partition coefficient (Wildman–Crippen LogP) is 30.5. The second-order valence-electron chi connectivity index (χ2n) is 37.9. The van der Waals surface area contributed by atoms with Crippen LogP contribution in [0.25, 0.3) is 0 Å². The summed E-state index contributed by atoms with van der Waals surface area (Å²) in [7, 11) is 4.31. The summed E-state index contributed by atoms with van der Waals surface area (Å²) < 4.78 is 28.8. The molecule has 0 amide bonds. The minimum absolute atomic E-state index is 0. The van der Waals surface area contributed by atoms with Gasteiger partial charge in [0.1, 0.15) is 0 Å². The Bertz CT molecular complexity index is 2100. The van der Waals surface area contributed by atoms with Gasteiger partial charge in [-0.15, -0.1) is 71.3 Å². The number of ether oxygens (including phenoxy) is 5. The van der Waals surface area contributed by atoms with Gasteiger partial charge in [0.2, 0.25) is 0 Å². The van der Waals surface area contributed by atoms with Crippen molar-refractivity contribution in [1.29, 1.82) is 0 Å². The fraction of sp³-hybridized carbons (Fsp3) is 1.00. The van der Waals surface area contributed by atoms with Crippen molar-refractivity contribution in [2.75, 3.05) is 143 Å². The quantitative estimate of drug-likeness (QED) is 0.263. The Balaban J connectivity index is 0.000000582. The van der Waals surface area contributed by atoms with Crippen molar-refractivity contribution in [3.05, 3.63) is 0 Å². The average Bonchev–Trinajstić information content (AvgIpc) is 1.61. The van der Waals surface area contributed by atoms with Gasteiger partial charge in [0.25, 0.3) is 0 Å². The highest BCUT2D eigenvalue weighted by molar-refractivity contribution is 7.62. The maximum atomic E-state index is 5.92. The summed E-state index contributed by atoms with van der Waals surface area (Å²) in [6.07, 6.45) is 37.3. The van der Waals surface area contributed by atoms with Gasteiger partial charge in [-0.1, -0.05) is 196 Å². The number of hydrogen-bond donors (Lipinski definition) is 0. The Kier molecular flexibility index (Phi) is 55.9. The molecule has 13 heterocycles. The molecular formula is C89H190O5P12. The van der Waals surface area contributed by atoms with Gasteiger partial charge in [0.15, 0.2) is 5.79 Å². The molecule has 17 heteroatoms. The maximum Gasteiger partial charge on any atom is 0.163 e. The molecule has 25 atom stereocenters. The van der Waals surface area contributed by atoms with Crippen LogP contribution in [-0.4, -0.2) is 274 Å². The number of rotatable bonds is 4. The predicted molar refractivity (Wildman–Crippen MR) is 523 cm³/mol. The van der Waals surface area contributed by atoms with Crippen LogP contribution in [-0.2, 0) is 23.7 Å². The van der Waals surface area contributed by atoms with E-state index in [1.165, 1.54) is 153 Å². The van der Waals surface area contributed by atoms with Gasteiger partial charge in [-0.05, 0) is 319 Å². The molecule has 13 saturated heterocycles. The van der Waals surface area contributed by atoms with Gasteiger partial charge in [0.05, 0.1) is 37.6 Å². The molecule has 0 bridgehead atoms. The van der Waals surface area contributed by atoms with E-state index in [1.54, 1.807) is 0 Å². The summed E-state index contributed by atoms with van der Waals surface area (Å²) in [5.74, 6) is -0.353. The van der Waals surface area contributed by atoms with E-state index in [2.05, 4.69) is 239 Å². The number of hydrogen-bond acceptors (Lipinski definition) is 5. The van der Waals surface area contributed by atoms with E-state index < -0.39 is 0 Å². The van der Waals surface area contributed by atoms with Crippen LogP contribution in [0.5, 0.6) is 0 Å². The largest absolute Gasteiger partial charge is 0.380 e. The first-order valence-electron chi connectivity index (χ1n) is 43.4. The molecule has 0 spiro atoms. The third-order valence-electron chi connectivity index (χ3n) is 28.5. The summed E-state index contributed by atoms with van der Waals surface area (Å²) in [5.41, 5.74) is 14.0. The van der Waals surface area contributed by atoms with E-state index >= 15 is 0 Å². The van der Waals surface area contributed by atoms with E-state index in [0.29, 0.717) is 124 Å². The minimum Gasteiger partial charge on any atom is -0.380 e. The smallest absolute Gasteiger partial charge is 0.163 e. The van der Waals surface area contributed by atoms with E-state index in [9.17, 15) is 0 Å². The van der Waals surface area contributed by atoms with Crippen molar-refractivity contribution in [3.8, 4) is 0 Å². The van der Waals surface area contributed by atoms with E-state index in [4.69, 9.17) is 23.7 Å². The minimum atomic E-state index is -0.353. The Hall–Kier alpha value is 4.96. The first-order chi connectivity index (χ1) is 48.7. The van der Waals surface area contributed by atoms with Gasteiger partial charge in [-0.2, -0.15) is 0 Å². The zero-order valence-corrected chi connectivity index (χ0v) is 87.9. The van der Waals surface area contributed by atoms with Gasteiger partial charge in [-0.25, -0.2) is 0 Å². The molecule has 6 unspecified atom stereocenters. The lowest BCUT2D eigenvalue weighted by Crippen LogP contribution is -2.36. The average molecular weight is 1710 g/mol. The van der Waals surface area contributed by atoms with Crippen LogP contribution in [0.4, 0.5) is 0 Å². The Labute approximate surface area is 683 Å². The van der Waals surface area contributed by atoms with Crippen molar-refractivity contribution < 1.29 is 23.7 Å². The van der Waals surface area contributed by atoms with Gasteiger partial charge >= 0.3 is 0 Å². The lowest BCUT2D eigenvalue weighted by Gasteiger charge is -2.42. The molecule has 0 aromatic heterocycles. The molecule has 0 N–H and O–H groups in total. The van der Waals surface area contributed by atoms with E-state index in [1.807, 2.05) is 13.8 Å². The fourth-order valence-electron chi connectivity index (χ4n) is 16.1. The van der Waals surface area contributed by atoms with Crippen molar-refractivity contribution in [1.82, 2.24) is 0 Å². The Morgan fingerprint density at radius 1 is 0.302 bits per heavy atom. The van der Waals surface area contributed by atoms with Crippen LogP contribution in [0, 0.1) is 0 Å². The standard InChI is InChI=1S/C11H23O2P.C10H19O2P.2C8H17P.C7H15OP.3C7H15P.3C6H13P.C5H11P.CH4/c1-6-12-10-8(3)14(5)9(4)11(10)13-7-2;1-6-8-9(7(2)13(6)5)12-10(3,4)11-8;1-8(2)6-4-5-7-9(8)3;1-7-5-4-6-8(2)9(7)3;1-6-4-8-5-7(2)9(6)3;1-7(2)5-4-6-8(7)3;1-6-4-5-7(2)8(6)3;1-7-5-3-4-6-8(7)2;1-6(2)4-5-7(6)3;1-5-4-6(2)7(5)3;1-6-4-3-5-7(6)2;1-5-3-4-6(5)2;/h8-11H,6-7H2,1-5H3;6-9H,1-5H3;4-7H2,1-3H3;7-8H,4-6H2,1-3H3;6-7H,4-5H2,1-3H3;4-6H2,1-3H3;6-7H,4-5H2,1-3H3;7H,3-6H2,1-2H3;4-5H2,1-3H3;5-6H,4H2,1-3H3;6H,3-5H2,1-2H3;5H,3-4H2,1-2H3;1H4/t8-,9-,10+,11+;6-,7-,8+,9+;;7-,8-;6-,7-;;6-,7-;7-,8?;;5-,6-;6-,7?;5-,6?;/m00.00.00.000./s1. The van der Waals surface area contributed by atoms with Crippen LogP contribution in [0.15, 0.2) is 0 Å². The summed E-state index contributed by atoms with van der Waals surface area (Å²) in [6.45, 7) is 90.5. The first-order valence-corrected chi connectivity index (χ1v) is 67.1. The Morgan fingerprint density at radius 2 is 0.632 bits per heavy atom. The number of fused-ring (bicyclic) bond motifs is 1. The van der Waals surface area contributed by atoms with Crippen LogP contribution >= 0.6 is 95.1 Å². The normalized spacial score (nSPS) is 41.2. The summed E-state index contributed by atoms with van der Waals surface area (Å²) in [6, 6.07) is 0. The van der Waals surface area contributed by atoms with Crippen molar-refractivity contribution in [3.63, 3.8) is 0 Å². The summed E-state index contributed by atoms with van der Waals surface area (Å²) >= 11 is 0. The molecule has 0 radical (unpaired) electrons. The summed E-state index contributed by atoms with van der Waals surface area (Å²) in [5, 5.41) is 2.16. The molecule has 13 aliphatic heterocycles. The third kappa shape index (κ3) is 37.9. The molecule has 13 rings (SSSR count). The lowest BCUT2D eigenvalue weighted by molar-refractivity contribution is -0.147. The molecule has 5 nitrogen and oxygen atoms in total.